The maximum absolute atomic E-state index is 12.6. The third-order valence-corrected chi connectivity index (χ3v) is 6.35. The number of nitrogens with two attached hydrogens (primary N) is 1. The first-order chi connectivity index (χ1) is 10.0. The average Bonchev–Trinajstić information content (AvgIpc) is 3.32. The lowest BCUT2D eigenvalue weighted by molar-refractivity contribution is 0.432. The Balaban J connectivity index is 1.62. The van der Waals surface area contributed by atoms with Crippen LogP contribution >= 0.6 is 0 Å². The minimum absolute atomic E-state index is 0.248. The van der Waals surface area contributed by atoms with E-state index in [-0.39, 0.29) is 10.3 Å². The van der Waals surface area contributed by atoms with E-state index in [0.29, 0.717) is 17.6 Å². The summed E-state index contributed by atoms with van der Waals surface area (Å²) in [5.74, 6) is 0.735. The van der Waals surface area contributed by atoms with E-state index in [0.717, 1.165) is 24.3 Å². The lowest BCUT2D eigenvalue weighted by atomic mass is 10.0. The van der Waals surface area contributed by atoms with E-state index >= 15 is 0 Å². The van der Waals surface area contributed by atoms with Crippen LogP contribution in [0, 0.1) is 11.3 Å². The first-order valence-electron chi connectivity index (χ1n) is 7.37. The van der Waals surface area contributed by atoms with Crippen molar-refractivity contribution >= 4 is 26.6 Å². The largest absolute Gasteiger partial charge is 0.399 e. The van der Waals surface area contributed by atoms with E-state index in [2.05, 4.69) is 9.71 Å². The summed E-state index contributed by atoms with van der Waals surface area (Å²) < 4.78 is 27.9. The van der Waals surface area contributed by atoms with Crippen molar-refractivity contribution in [1.29, 1.82) is 0 Å². The number of rotatable bonds is 5. The van der Waals surface area contributed by atoms with Crippen LogP contribution in [0.2, 0.25) is 0 Å². The predicted molar refractivity (Wildman–Crippen MR) is 82.3 cm³/mol. The Kier molecular flexibility index (Phi) is 2.65. The van der Waals surface area contributed by atoms with E-state index in [1.54, 1.807) is 24.4 Å². The molecular formula is C15H19N3O2S. The minimum atomic E-state index is -3.50. The SMILES string of the molecule is Nc1ccc2[nH]cc(S(=O)(=O)NCC3(C4CC4)CC3)c2c1. The van der Waals surface area contributed by atoms with Crippen molar-refractivity contribution in [2.45, 2.75) is 30.6 Å². The van der Waals surface area contributed by atoms with E-state index < -0.39 is 10.0 Å². The lowest BCUT2D eigenvalue weighted by Crippen LogP contribution is -2.31. The molecule has 0 amide bonds. The maximum Gasteiger partial charge on any atom is 0.242 e. The molecule has 2 aliphatic carbocycles. The summed E-state index contributed by atoms with van der Waals surface area (Å²) in [7, 11) is -3.50. The average molecular weight is 305 g/mol. The van der Waals surface area contributed by atoms with Crippen molar-refractivity contribution in [2.24, 2.45) is 11.3 Å². The van der Waals surface area contributed by atoms with Crippen LogP contribution in [0.1, 0.15) is 25.7 Å². The zero-order chi connectivity index (χ0) is 14.7. The highest BCUT2D eigenvalue weighted by Crippen LogP contribution is 2.60. The number of H-pyrrole nitrogens is 1. The topological polar surface area (TPSA) is 88.0 Å². The van der Waals surface area contributed by atoms with Gasteiger partial charge in [0.15, 0.2) is 0 Å². The van der Waals surface area contributed by atoms with E-state index in [1.165, 1.54) is 12.8 Å². The van der Waals surface area contributed by atoms with Gasteiger partial charge in [-0.25, -0.2) is 13.1 Å². The van der Waals surface area contributed by atoms with Gasteiger partial charge in [-0.1, -0.05) is 0 Å². The van der Waals surface area contributed by atoms with E-state index in [4.69, 9.17) is 5.73 Å². The molecule has 1 heterocycles. The highest BCUT2D eigenvalue weighted by Gasteiger charge is 2.53. The summed E-state index contributed by atoms with van der Waals surface area (Å²) in [4.78, 5) is 3.28. The Morgan fingerprint density at radius 2 is 2.10 bits per heavy atom. The van der Waals surface area contributed by atoms with Crippen molar-refractivity contribution in [2.75, 3.05) is 12.3 Å². The van der Waals surface area contributed by atoms with Gasteiger partial charge in [0, 0.05) is 29.3 Å². The first-order valence-corrected chi connectivity index (χ1v) is 8.85. The van der Waals surface area contributed by atoms with Gasteiger partial charge in [-0.3, -0.25) is 0 Å². The van der Waals surface area contributed by atoms with Gasteiger partial charge in [0.2, 0.25) is 10.0 Å². The van der Waals surface area contributed by atoms with Gasteiger partial charge in [-0.15, -0.1) is 0 Å². The number of nitrogen functional groups attached to an aromatic ring is 1. The molecule has 0 radical (unpaired) electrons. The second-order valence-corrected chi connectivity index (χ2v) is 8.15. The molecule has 21 heavy (non-hydrogen) atoms. The Morgan fingerprint density at radius 3 is 2.76 bits per heavy atom. The highest BCUT2D eigenvalue weighted by molar-refractivity contribution is 7.89. The van der Waals surface area contributed by atoms with Gasteiger partial charge in [-0.05, 0) is 55.2 Å². The third kappa shape index (κ3) is 2.22. The molecule has 2 saturated carbocycles. The number of hydrogen-bond acceptors (Lipinski definition) is 3. The number of hydrogen-bond donors (Lipinski definition) is 3. The van der Waals surface area contributed by atoms with Crippen LogP contribution in [0.3, 0.4) is 0 Å². The summed E-state index contributed by atoms with van der Waals surface area (Å²) in [6, 6.07) is 5.26. The molecule has 2 fully saturated rings. The van der Waals surface area contributed by atoms with Crippen LogP contribution in [0.5, 0.6) is 0 Å². The number of aromatic nitrogens is 1. The number of aromatic amines is 1. The van der Waals surface area contributed by atoms with Crippen molar-refractivity contribution in [1.82, 2.24) is 9.71 Å². The summed E-state index contributed by atoms with van der Waals surface area (Å²) in [6.07, 6.45) is 6.36. The molecule has 0 unspecified atom stereocenters. The van der Waals surface area contributed by atoms with Crippen LogP contribution in [-0.4, -0.2) is 19.9 Å². The van der Waals surface area contributed by atoms with Crippen LogP contribution in [-0.2, 0) is 10.0 Å². The Bertz CT molecular complexity index is 801. The van der Waals surface area contributed by atoms with Gasteiger partial charge in [0.05, 0.1) is 0 Å². The molecule has 4 rings (SSSR count). The molecule has 2 aliphatic rings. The number of nitrogens with one attached hydrogen (secondary N) is 2. The van der Waals surface area contributed by atoms with Crippen LogP contribution in [0.25, 0.3) is 10.9 Å². The van der Waals surface area contributed by atoms with Crippen LogP contribution in [0.4, 0.5) is 5.69 Å². The minimum Gasteiger partial charge on any atom is -0.399 e. The van der Waals surface area contributed by atoms with Gasteiger partial charge in [0.25, 0.3) is 0 Å². The van der Waals surface area contributed by atoms with E-state index in [1.807, 2.05) is 0 Å². The number of benzene rings is 1. The molecule has 0 bridgehead atoms. The normalized spacial score (nSPS) is 20.8. The van der Waals surface area contributed by atoms with Crippen molar-refractivity contribution in [3.63, 3.8) is 0 Å². The smallest absolute Gasteiger partial charge is 0.242 e. The monoisotopic (exact) mass is 305 g/mol. The quantitative estimate of drug-likeness (QED) is 0.740. The van der Waals surface area contributed by atoms with Gasteiger partial charge in [-0.2, -0.15) is 0 Å². The van der Waals surface area contributed by atoms with Gasteiger partial charge >= 0.3 is 0 Å². The van der Waals surface area contributed by atoms with Crippen LogP contribution < -0.4 is 10.5 Å². The van der Waals surface area contributed by atoms with Gasteiger partial charge in [0.1, 0.15) is 4.90 Å². The molecular weight excluding hydrogens is 286 g/mol. The molecule has 2 aromatic rings. The fourth-order valence-corrected chi connectivity index (χ4v) is 4.54. The Hall–Kier alpha value is -1.53. The summed E-state index contributed by atoms with van der Waals surface area (Å²) in [6.45, 7) is 0.564. The molecule has 5 nitrogen and oxygen atoms in total. The summed E-state index contributed by atoms with van der Waals surface area (Å²) >= 11 is 0. The fourth-order valence-electron chi connectivity index (χ4n) is 3.24. The fraction of sp³-hybridized carbons (Fsp3) is 0.467. The molecule has 1 aromatic carbocycles. The zero-order valence-electron chi connectivity index (χ0n) is 11.7. The predicted octanol–water partition coefficient (Wildman–Crippen LogP) is 2.22. The summed E-state index contributed by atoms with van der Waals surface area (Å²) in [5.41, 5.74) is 7.37. The highest BCUT2D eigenvalue weighted by atomic mass is 32.2. The maximum atomic E-state index is 12.6. The Labute approximate surface area is 124 Å². The molecule has 6 heteroatoms. The first kappa shape index (κ1) is 13.2. The van der Waals surface area contributed by atoms with Crippen molar-refractivity contribution in [3.05, 3.63) is 24.4 Å². The second kappa shape index (κ2) is 4.24. The van der Waals surface area contributed by atoms with Crippen molar-refractivity contribution in [3.8, 4) is 0 Å². The number of fused-ring (bicyclic) bond motifs is 1. The number of sulfonamides is 1. The lowest BCUT2D eigenvalue weighted by Gasteiger charge is -2.14. The molecule has 1 aromatic heterocycles. The second-order valence-electron chi connectivity index (χ2n) is 6.42. The van der Waals surface area contributed by atoms with Crippen LogP contribution in [0.15, 0.2) is 29.3 Å². The third-order valence-electron chi connectivity index (χ3n) is 4.91. The molecule has 0 spiro atoms. The molecule has 0 saturated heterocycles. The standard InChI is InChI=1S/C15H19N3O2S/c16-11-3-4-13-12(7-11)14(8-17-13)21(19,20)18-9-15(5-6-15)10-1-2-10/h3-4,7-8,10,17-18H,1-2,5-6,9,16H2. The van der Waals surface area contributed by atoms with E-state index in [9.17, 15) is 8.42 Å². The Morgan fingerprint density at radius 1 is 1.33 bits per heavy atom. The molecule has 112 valence electrons. The molecule has 0 aliphatic heterocycles. The molecule has 4 N–H and O–H groups in total. The summed E-state index contributed by atoms with van der Waals surface area (Å²) in [5, 5.41) is 0.652. The zero-order valence-corrected chi connectivity index (χ0v) is 12.5. The van der Waals surface area contributed by atoms with Gasteiger partial charge < -0.3 is 10.7 Å². The van der Waals surface area contributed by atoms with Crippen molar-refractivity contribution < 1.29 is 8.42 Å². The number of anilines is 1. The molecule has 0 atom stereocenters.